The molecule has 0 aliphatic carbocycles. The van der Waals surface area contributed by atoms with E-state index in [9.17, 15) is 14.0 Å². The predicted octanol–water partition coefficient (Wildman–Crippen LogP) is 2.02. The van der Waals surface area contributed by atoms with Crippen molar-refractivity contribution in [2.45, 2.75) is 12.8 Å². The highest BCUT2D eigenvalue weighted by atomic mass is 127. The SMILES string of the molecule is O=C(O)CCCNC(=O)c1cc(F)ccc1I. The van der Waals surface area contributed by atoms with Crippen LogP contribution in [0.3, 0.4) is 0 Å². The number of carbonyl (C=O) groups excluding carboxylic acids is 1. The second-order valence-electron chi connectivity index (χ2n) is 3.38. The van der Waals surface area contributed by atoms with Gasteiger partial charge in [0.25, 0.3) is 5.91 Å². The molecule has 1 rings (SSSR count). The van der Waals surface area contributed by atoms with Crippen molar-refractivity contribution >= 4 is 34.5 Å². The molecule has 0 aliphatic heterocycles. The molecule has 0 heterocycles. The maximum absolute atomic E-state index is 12.9. The normalized spacial score (nSPS) is 10.0. The summed E-state index contributed by atoms with van der Waals surface area (Å²) in [6, 6.07) is 3.96. The third kappa shape index (κ3) is 4.68. The molecule has 2 N–H and O–H groups in total. The van der Waals surface area contributed by atoms with Gasteiger partial charge in [0.05, 0.1) is 5.56 Å². The second kappa shape index (κ2) is 6.53. The summed E-state index contributed by atoms with van der Waals surface area (Å²) in [5.74, 6) is -1.76. The maximum atomic E-state index is 12.9. The first-order chi connectivity index (χ1) is 8.00. The smallest absolute Gasteiger partial charge is 0.303 e. The van der Waals surface area contributed by atoms with Crippen molar-refractivity contribution < 1.29 is 19.1 Å². The molecule has 6 heteroatoms. The molecule has 1 amide bonds. The quantitative estimate of drug-likeness (QED) is 0.630. The van der Waals surface area contributed by atoms with Crippen LogP contribution in [-0.2, 0) is 4.79 Å². The van der Waals surface area contributed by atoms with E-state index >= 15 is 0 Å². The first-order valence-electron chi connectivity index (χ1n) is 4.95. The fourth-order valence-corrected chi connectivity index (χ4v) is 1.79. The maximum Gasteiger partial charge on any atom is 0.303 e. The van der Waals surface area contributed by atoms with Gasteiger partial charge in [0.2, 0.25) is 0 Å². The topological polar surface area (TPSA) is 66.4 Å². The number of carboxylic acid groups (broad SMARTS) is 1. The van der Waals surface area contributed by atoms with E-state index in [0.717, 1.165) is 6.07 Å². The average Bonchev–Trinajstić information content (AvgIpc) is 2.27. The zero-order valence-corrected chi connectivity index (χ0v) is 11.0. The molecule has 0 aromatic heterocycles. The summed E-state index contributed by atoms with van der Waals surface area (Å²) < 4.78 is 13.6. The Hall–Kier alpha value is -1.18. The lowest BCUT2D eigenvalue weighted by Crippen LogP contribution is -2.25. The Kier molecular flexibility index (Phi) is 5.33. The van der Waals surface area contributed by atoms with E-state index in [0.29, 0.717) is 9.99 Å². The molecule has 1 aromatic carbocycles. The molecule has 0 fully saturated rings. The molecular weight excluding hydrogens is 340 g/mol. The second-order valence-corrected chi connectivity index (χ2v) is 4.54. The standard InChI is InChI=1S/C11H11FINO3/c12-7-3-4-9(13)8(6-7)11(17)14-5-1-2-10(15)16/h3-4,6H,1-2,5H2,(H,14,17)(H,15,16). The largest absolute Gasteiger partial charge is 0.481 e. The van der Waals surface area contributed by atoms with Crippen LogP contribution in [-0.4, -0.2) is 23.5 Å². The fourth-order valence-electron chi connectivity index (χ4n) is 1.21. The van der Waals surface area contributed by atoms with Gasteiger partial charge in [0.15, 0.2) is 0 Å². The lowest BCUT2D eigenvalue weighted by molar-refractivity contribution is -0.137. The van der Waals surface area contributed by atoms with E-state index in [1.807, 2.05) is 22.6 Å². The van der Waals surface area contributed by atoms with Gasteiger partial charge in [-0.15, -0.1) is 0 Å². The highest BCUT2D eigenvalue weighted by molar-refractivity contribution is 14.1. The summed E-state index contributed by atoms with van der Waals surface area (Å²) in [4.78, 5) is 21.9. The summed E-state index contributed by atoms with van der Waals surface area (Å²) in [5.41, 5.74) is 0.265. The van der Waals surface area contributed by atoms with Crippen LogP contribution in [0.5, 0.6) is 0 Å². The molecule has 4 nitrogen and oxygen atoms in total. The molecule has 0 unspecified atom stereocenters. The van der Waals surface area contributed by atoms with Crippen molar-refractivity contribution in [3.63, 3.8) is 0 Å². The van der Waals surface area contributed by atoms with E-state index in [4.69, 9.17) is 5.11 Å². The molecule has 0 saturated carbocycles. The number of hydrogen-bond donors (Lipinski definition) is 2. The number of nitrogens with one attached hydrogen (secondary N) is 1. The molecule has 92 valence electrons. The van der Waals surface area contributed by atoms with Crippen molar-refractivity contribution in [2.24, 2.45) is 0 Å². The van der Waals surface area contributed by atoms with Crippen molar-refractivity contribution in [2.75, 3.05) is 6.54 Å². The first kappa shape index (κ1) is 13.9. The van der Waals surface area contributed by atoms with Crippen LogP contribution in [0, 0.1) is 9.39 Å². The van der Waals surface area contributed by atoms with Crippen molar-refractivity contribution in [3.8, 4) is 0 Å². The van der Waals surface area contributed by atoms with Gasteiger partial charge in [-0.3, -0.25) is 9.59 Å². The number of rotatable bonds is 5. The van der Waals surface area contributed by atoms with Crippen LogP contribution < -0.4 is 5.32 Å². The highest BCUT2D eigenvalue weighted by Gasteiger charge is 2.10. The molecular formula is C11H11FINO3. The predicted molar refractivity (Wildman–Crippen MR) is 68.3 cm³/mol. The van der Waals surface area contributed by atoms with Crippen molar-refractivity contribution in [3.05, 3.63) is 33.1 Å². The first-order valence-corrected chi connectivity index (χ1v) is 6.03. The number of hydrogen-bond acceptors (Lipinski definition) is 2. The number of amides is 1. The van der Waals surface area contributed by atoms with Crippen LogP contribution in [0.15, 0.2) is 18.2 Å². The third-order valence-corrected chi connectivity index (χ3v) is 2.97. The third-order valence-electron chi connectivity index (χ3n) is 2.03. The van der Waals surface area contributed by atoms with Gasteiger partial charge in [-0.25, -0.2) is 4.39 Å². The summed E-state index contributed by atoms with van der Waals surface area (Å²) in [6.07, 6.45) is 0.355. The Balaban J connectivity index is 2.52. The minimum atomic E-state index is -0.903. The number of carboxylic acids is 1. The van der Waals surface area contributed by atoms with Gasteiger partial charge in [0, 0.05) is 16.5 Å². The Morgan fingerprint density at radius 2 is 2.12 bits per heavy atom. The van der Waals surface area contributed by atoms with Crippen molar-refractivity contribution in [1.82, 2.24) is 5.32 Å². The monoisotopic (exact) mass is 351 g/mol. The zero-order chi connectivity index (χ0) is 12.8. The van der Waals surface area contributed by atoms with Crippen LogP contribution in [0.2, 0.25) is 0 Å². The van der Waals surface area contributed by atoms with Gasteiger partial charge in [-0.2, -0.15) is 0 Å². The summed E-state index contributed by atoms with van der Waals surface area (Å²) >= 11 is 1.94. The van der Waals surface area contributed by atoms with Crippen LogP contribution in [0.1, 0.15) is 23.2 Å². The van der Waals surface area contributed by atoms with E-state index in [1.165, 1.54) is 12.1 Å². The highest BCUT2D eigenvalue weighted by Crippen LogP contribution is 2.13. The van der Waals surface area contributed by atoms with E-state index in [-0.39, 0.29) is 24.4 Å². The molecule has 0 spiro atoms. The van der Waals surface area contributed by atoms with E-state index in [2.05, 4.69) is 5.32 Å². The molecule has 17 heavy (non-hydrogen) atoms. The minimum absolute atomic E-state index is 0.000519. The Morgan fingerprint density at radius 1 is 1.41 bits per heavy atom. The molecule has 0 saturated heterocycles. The van der Waals surface area contributed by atoms with Gasteiger partial charge < -0.3 is 10.4 Å². The van der Waals surface area contributed by atoms with Gasteiger partial charge in [-0.05, 0) is 47.2 Å². The molecule has 0 atom stereocenters. The summed E-state index contributed by atoms with van der Waals surface area (Å²) in [5, 5.41) is 11.0. The molecule has 0 aliphatic rings. The molecule has 0 bridgehead atoms. The van der Waals surface area contributed by atoms with Crippen LogP contribution in [0.25, 0.3) is 0 Å². The van der Waals surface area contributed by atoms with Crippen molar-refractivity contribution in [1.29, 1.82) is 0 Å². The van der Waals surface area contributed by atoms with Crippen LogP contribution >= 0.6 is 22.6 Å². The number of benzene rings is 1. The lowest BCUT2D eigenvalue weighted by atomic mass is 10.2. The Labute approximate surface area is 111 Å². The molecule has 0 radical (unpaired) electrons. The molecule has 1 aromatic rings. The Bertz CT molecular complexity index is 437. The van der Waals surface area contributed by atoms with E-state index < -0.39 is 11.8 Å². The number of aliphatic carboxylic acids is 1. The summed E-state index contributed by atoms with van der Waals surface area (Å²) in [7, 11) is 0. The fraction of sp³-hybridized carbons (Fsp3) is 0.273. The van der Waals surface area contributed by atoms with Crippen LogP contribution in [0.4, 0.5) is 4.39 Å². The Morgan fingerprint density at radius 3 is 2.76 bits per heavy atom. The summed E-state index contributed by atoms with van der Waals surface area (Å²) in [6.45, 7) is 0.262. The zero-order valence-electron chi connectivity index (χ0n) is 8.87. The number of halogens is 2. The van der Waals surface area contributed by atoms with Gasteiger partial charge >= 0.3 is 5.97 Å². The minimum Gasteiger partial charge on any atom is -0.481 e. The average molecular weight is 351 g/mol. The lowest BCUT2D eigenvalue weighted by Gasteiger charge is -2.06. The van der Waals surface area contributed by atoms with E-state index in [1.54, 1.807) is 0 Å². The van der Waals surface area contributed by atoms with Gasteiger partial charge in [0.1, 0.15) is 5.82 Å². The number of carbonyl (C=O) groups is 2. The van der Waals surface area contributed by atoms with Gasteiger partial charge in [-0.1, -0.05) is 0 Å².